The minimum absolute atomic E-state index is 0.382. The fraction of sp³-hybridized carbons (Fsp3) is 0.333. The van der Waals surface area contributed by atoms with Crippen LogP contribution >= 0.6 is 23.2 Å². The molecule has 0 aliphatic carbocycles. The average Bonchev–Trinajstić information content (AvgIpc) is 3.15. The van der Waals surface area contributed by atoms with Crippen molar-refractivity contribution in [2.75, 3.05) is 13.1 Å². The van der Waals surface area contributed by atoms with Crippen molar-refractivity contribution in [2.45, 2.75) is 31.7 Å². The van der Waals surface area contributed by atoms with Gasteiger partial charge in [0, 0.05) is 30.8 Å². The Morgan fingerprint density at radius 3 is 2.59 bits per heavy atom. The summed E-state index contributed by atoms with van der Waals surface area (Å²) in [6.07, 6.45) is 6.85. The Hall–Kier alpha value is -1.88. The molecule has 1 fully saturated rings. The molecule has 0 atom stereocenters. The smallest absolute Gasteiger partial charge is 0.147 e. The van der Waals surface area contributed by atoms with Crippen LogP contribution in [0.5, 0.6) is 0 Å². The van der Waals surface area contributed by atoms with Crippen molar-refractivity contribution in [1.82, 2.24) is 20.1 Å². The van der Waals surface area contributed by atoms with E-state index in [-0.39, 0.29) is 0 Å². The van der Waals surface area contributed by atoms with Crippen molar-refractivity contribution in [3.05, 3.63) is 81.4 Å². The number of aromatic amines is 1. The zero-order valence-corrected chi connectivity index (χ0v) is 16.5. The lowest BCUT2D eigenvalue weighted by molar-refractivity contribution is 0.203. The molecule has 1 saturated heterocycles. The van der Waals surface area contributed by atoms with Crippen LogP contribution in [0, 0.1) is 0 Å². The van der Waals surface area contributed by atoms with E-state index in [4.69, 9.17) is 23.2 Å². The maximum Gasteiger partial charge on any atom is 0.147 e. The third-order valence-corrected chi connectivity index (χ3v) is 6.11. The first kappa shape index (κ1) is 18.5. The van der Waals surface area contributed by atoms with Gasteiger partial charge < -0.3 is 0 Å². The molecule has 0 spiro atoms. The Labute approximate surface area is 169 Å². The standard InChI is InChI=1S/C21H22Cl2N4/c22-19-17(6-9-24-21(19)23)14-27-10-7-16(8-11-27)20-18(13-25-26-20)12-15-4-2-1-3-5-15/h1-6,9,13,16H,7-8,10-12,14H2,(H,25,26). The van der Waals surface area contributed by atoms with E-state index in [1.54, 1.807) is 6.20 Å². The maximum atomic E-state index is 6.29. The molecule has 1 aromatic carbocycles. The number of aromatic nitrogens is 3. The van der Waals surface area contributed by atoms with Crippen molar-refractivity contribution in [2.24, 2.45) is 0 Å². The number of benzene rings is 1. The van der Waals surface area contributed by atoms with E-state index < -0.39 is 0 Å². The lowest BCUT2D eigenvalue weighted by Crippen LogP contribution is -2.33. The quantitative estimate of drug-likeness (QED) is 0.607. The number of piperidine rings is 1. The molecule has 140 valence electrons. The minimum Gasteiger partial charge on any atom is -0.299 e. The van der Waals surface area contributed by atoms with Crippen LogP contribution in [0.3, 0.4) is 0 Å². The second-order valence-electron chi connectivity index (χ2n) is 7.10. The van der Waals surface area contributed by atoms with E-state index >= 15 is 0 Å². The van der Waals surface area contributed by atoms with Gasteiger partial charge in [0.15, 0.2) is 0 Å². The van der Waals surface area contributed by atoms with Gasteiger partial charge in [-0.1, -0.05) is 53.5 Å². The van der Waals surface area contributed by atoms with E-state index in [2.05, 4.69) is 50.4 Å². The van der Waals surface area contributed by atoms with Crippen molar-refractivity contribution in [1.29, 1.82) is 0 Å². The number of hydrogen-bond donors (Lipinski definition) is 1. The molecule has 27 heavy (non-hydrogen) atoms. The molecule has 6 heteroatoms. The van der Waals surface area contributed by atoms with Crippen LogP contribution in [0.25, 0.3) is 0 Å². The Morgan fingerprint density at radius 2 is 1.81 bits per heavy atom. The van der Waals surface area contributed by atoms with Gasteiger partial charge in [0.25, 0.3) is 0 Å². The van der Waals surface area contributed by atoms with Crippen LogP contribution in [0.15, 0.2) is 48.8 Å². The Kier molecular flexibility index (Phi) is 5.77. The first-order valence-corrected chi connectivity index (χ1v) is 10.0. The highest BCUT2D eigenvalue weighted by Gasteiger charge is 2.24. The number of pyridine rings is 1. The molecular formula is C21H22Cl2N4. The first-order valence-electron chi connectivity index (χ1n) is 9.28. The third kappa shape index (κ3) is 4.34. The van der Waals surface area contributed by atoms with Crippen LogP contribution in [0.2, 0.25) is 10.2 Å². The minimum atomic E-state index is 0.382. The second-order valence-corrected chi connectivity index (χ2v) is 7.83. The van der Waals surface area contributed by atoms with E-state index in [1.807, 2.05) is 12.3 Å². The van der Waals surface area contributed by atoms with E-state index in [0.29, 0.717) is 16.1 Å². The summed E-state index contributed by atoms with van der Waals surface area (Å²) in [5.74, 6) is 0.527. The van der Waals surface area contributed by atoms with Gasteiger partial charge in [0.05, 0.1) is 11.2 Å². The number of hydrogen-bond acceptors (Lipinski definition) is 3. The molecule has 0 radical (unpaired) electrons. The normalized spacial score (nSPS) is 15.9. The van der Waals surface area contributed by atoms with Gasteiger partial charge in [0.2, 0.25) is 0 Å². The average molecular weight is 401 g/mol. The Balaban J connectivity index is 1.39. The summed E-state index contributed by atoms with van der Waals surface area (Å²) in [5, 5.41) is 8.54. The van der Waals surface area contributed by atoms with E-state index in [0.717, 1.165) is 44.5 Å². The van der Waals surface area contributed by atoms with Crippen molar-refractivity contribution < 1.29 is 0 Å². The van der Waals surface area contributed by atoms with Gasteiger partial charge in [-0.25, -0.2) is 4.98 Å². The highest BCUT2D eigenvalue weighted by molar-refractivity contribution is 6.41. The van der Waals surface area contributed by atoms with Crippen LogP contribution in [-0.4, -0.2) is 33.2 Å². The largest absolute Gasteiger partial charge is 0.299 e. The fourth-order valence-corrected chi connectivity index (χ4v) is 4.18. The molecule has 0 bridgehead atoms. The number of nitrogens with zero attached hydrogens (tertiary/aromatic N) is 3. The number of likely N-dealkylation sites (tertiary alicyclic amines) is 1. The predicted octanol–water partition coefficient (Wildman–Crippen LogP) is 5.08. The molecule has 3 heterocycles. The number of rotatable bonds is 5. The van der Waals surface area contributed by atoms with Gasteiger partial charge in [-0.15, -0.1) is 0 Å². The van der Waals surface area contributed by atoms with Crippen LogP contribution in [0.1, 0.15) is 41.1 Å². The summed E-state index contributed by atoms with van der Waals surface area (Å²) < 4.78 is 0. The van der Waals surface area contributed by atoms with Gasteiger partial charge in [-0.3, -0.25) is 10.00 Å². The number of H-pyrrole nitrogens is 1. The number of nitrogens with one attached hydrogen (secondary N) is 1. The summed E-state index contributed by atoms with van der Waals surface area (Å²) in [5.41, 5.74) is 4.97. The summed E-state index contributed by atoms with van der Waals surface area (Å²) in [6.45, 7) is 2.88. The summed E-state index contributed by atoms with van der Waals surface area (Å²) in [6, 6.07) is 12.5. The number of halogens is 2. The van der Waals surface area contributed by atoms with Gasteiger partial charge >= 0.3 is 0 Å². The molecule has 0 unspecified atom stereocenters. The zero-order valence-electron chi connectivity index (χ0n) is 15.0. The zero-order chi connectivity index (χ0) is 18.6. The van der Waals surface area contributed by atoms with Gasteiger partial charge in [-0.2, -0.15) is 5.10 Å². The van der Waals surface area contributed by atoms with Crippen LogP contribution in [0.4, 0.5) is 0 Å². The van der Waals surface area contributed by atoms with Crippen molar-refractivity contribution in [3.8, 4) is 0 Å². The maximum absolute atomic E-state index is 6.29. The molecule has 1 aliphatic rings. The third-order valence-electron chi connectivity index (χ3n) is 5.31. The molecular weight excluding hydrogens is 379 g/mol. The molecule has 1 N–H and O–H groups in total. The highest BCUT2D eigenvalue weighted by atomic mass is 35.5. The SMILES string of the molecule is Clc1nccc(CN2CCC(c3[nH]ncc3Cc3ccccc3)CC2)c1Cl. The second kappa shape index (κ2) is 8.42. The topological polar surface area (TPSA) is 44.8 Å². The molecule has 0 amide bonds. The van der Waals surface area contributed by atoms with Crippen molar-refractivity contribution >= 4 is 23.2 Å². The molecule has 2 aromatic heterocycles. The lowest BCUT2D eigenvalue weighted by Gasteiger charge is -2.32. The van der Waals surface area contributed by atoms with Crippen LogP contribution < -0.4 is 0 Å². The Bertz CT molecular complexity index is 886. The fourth-order valence-electron chi connectivity index (χ4n) is 3.83. The van der Waals surface area contributed by atoms with E-state index in [1.165, 1.54) is 16.8 Å². The van der Waals surface area contributed by atoms with Crippen LogP contribution in [-0.2, 0) is 13.0 Å². The van der Waals surface area contributed by atoms with Gasteiger partial charge in [0.1, 0.15) is 5.15 Å². The molecule has 4 nitrogen and oxygen atoms in total. The molecule has 0 saturated carbocycles. The Morgan fingerprint density at radius 1 is 1.04 bits per heavy atom. The summed E-state index contributed by atoms with van der Waals surface area (Å²) in [7, 11) is 0. The lowest BCUT2D eigenvalue weighted by atomic mass is 9.89. The predicted molar refractivity (Wildman–Crippen MR) is 109 cm³/mol. The summed E-state index contributed by atoms with van der Waals surface area (Å²) in [4.78, 5) is 6.46. The van der Waals surface area contributed by atoms with Gasteiger partial charge in [-0.05, 0) is 48.7 Å². The summed E-state index contributed by atoms with van der Waals surface area (Å²) >= 11 is 12.3. The highest BCUT2D eigenvalue weighted by Crippen LogP contribution is 2.31. The molecule has 1 aliphatic heterocycles. The van der Waals surface area contributed by atoms with E-state index in [9.17, 15) is 0 Å². The molecule has 4 rings (SSSR count). The van der Waals surface area contributed by atoms with Crippen molar-refractivity contribution in [3.63, 3.8) is 0 Å². The first-order chi connectivity index (χ1) is 13.2. The molecule has 3 aromatic rings. The monoisotopic (exact) mass is 400 g/mol.